The first kappa shape index (κ1) is 16.8. The number of hydrogen-bond acceptors (Lipinski definition) is 3. The molecule has 24 heavy (non-hydrogen) atoms. The van der Waals surface area contributed by atoms with Crippen LogP contribution in [0.1, 0.15) is 30.4 Å². The van der Waals surface area contributed by atoms with E-state index in [1.165, 1.54) is 12.8 Å². The number of carbonyl (C=O) groups is 1. The summed E-state index contributed by atoms with van der Waals surface area (Å²) in [6, 6.07) is 11.7. The second kappa shape index (κ2) is 8.15. The Morgan fingerprint density at radius 3 is 2.46 bits per heavy atom. The van der Waals surface area contributed by atoms with Crippen molar-refractivity contribution in [2.24, 2.45) is 0 Å². The fourth-order valence-electron chi connectivity index (χ4n) is 2.85. The number of hydrogen-bond donors (Lipinski definition) is 1. The molecule has 1 aliphatic heterocycles. The van der Waals surface area contributed by atoms with Gasteiger partial charge in [0.25, 0.3) is 0 Å². The van der Waals surface area contributed by atoms with Gasteiger partial charge < -0.3 is 10.2 Å². The number of nitrogens with one attached hydrogen (secondary N) is 1. The minimum Gasteiger partial charge on any atom is -0.357 e. The van der Waals surface area contributed by atoms with Crippen molar-refractivity contribution in [2.75, 3.05) is 18.0 Å². The molecule has 2 aromatic rings. The lowest BCUT2D eigenvalue weighted by Gasteiger charge is -2.16. The van der Waals surface area contributed by atoms with E-state index in [9.17, 15) is 4.79 Å². The summed E-state index contributed by atoms with van der Waals surface area (Å²) < 4.78 is 0. The van der Waals surface area contributed by atoms with E-state index in [2.05, 4.69) is 15.2 Å². The lowest BCUT2D eigenvalue weighted by molar-refractivity contribution is -0.121. The Morgan fingerprint density at radius 1 is 1.08 bits per heavy atom. The number of nitrogens with zero attached hydrogens (tertiary/aromatic N) is 2. The summed E-state index contributed by atoms with van der Waals surface area (Å²) >= 11 is 5.86. The number of anilines is 1. The third-order valence-corrected chi connectivity index (χ3v) is 4.53. The van der Waals surface area contributed by atoms with Crippen molar-refractivity contribution in [1.29, 1.82) is 0 Å². The highest BCUT2D eigenvalue weighted by molar-refractivity contribution is 6.30. The van der Waals surface area contributed by atoms with Crippen LogP contribution in [-0.2, 0) is 17.8 Å². The van der Waals surface area contributed by atoms with Crippen molar-refractivity contribution in [2.45, 2.75) is 32.2 Å². The monoisotopic (exact) mass is 343 g/mol. The lowest BCUT2D eigenvalue weighted by atomic mass is 10.1. The third kappa shape index (κ3) is 4.71. The molecule has 4 nitrogen and oxygen atoms in total. The van der Waals surface area contributed by atoms with Crippen molar-refractivity contribution in [3.05, 3.63) is 58.7 Å². The zero-order chi connectivity index (χ0) is 16.8. The Hall–Kier alpha value is -2.07. The van der Waals surface area contributed by atoms with Gasteiger partial charge in [0.15, 0.2) is 0 Å². The van der Waals surface area contributed by atoms with Gasteiger partial charge in [-0.05, 0) is 48.6 Å². The molecule has 0 atom stereocenters. The summed E-state index contributed by atoms with van der Waals surface area (Å²) in [5.74, 6) is 1.08. The number of aryl methyl sites for hydroxylation is 1. The maximum atomic E-state index is 12.0. The van der Waals surface area contributed by atoms with Crippen molar-refractivity contribution >= 4 is 23.3 Å². The van der Waals surface area contributed by atoms with E-state index in [1.54, 1.807) is 0 Å². The Balaban J connectivity index is 1.43. The molecule has 0 bridgehead atoms. The van der Waals surface area contributed by atoms with E-state index in [4.69, 9.17) is 11.6 Å². The molecule has 0 saturated carbocycles. The van der Waals surface area contributed by atoms with E-state index in [-0.39, 0.29) is 5.91 Å². The van der Waals surface area contributed by atoms with Gasteiger partial charge in [-0.25, -0.2) is 4.98 Å². The van der Waals surface area contributed by atoms with Gasteiger partial charge in [-0.3, -0.25) is 4.79 Å². The van der Waals surface area contributed by atoms with Crippen LogP contribution in [-0.4, -0.2) is 24.0 Å². The van der Waals surface area contributed by atoms with Crippen molar-refractivity contribution in [1.82, 2.24) is 10.3 Å². The maximum Gasteiger partial charge on any atom is 0.220 e. The number of aromatic nitrogens is 1. The fraction of sp³-hybridized carbons (Fsp3) is 0.368. The Morgan fingerprint density at radius 2 is 1.79 bits per heavy atom. The predicted octanol–water partition coefficient (Wildman–Crippen LogP) is 3.58. The molecule has 1 N–H and O–H groups in total. The van der Waals surface area contributed by atoms with Crippen LogP contribution in [0.2, 0.25) is 5.02 Å². The number of benzene rings is 1. The van der Waals surface area contributed by atoms with Crippen LogP contribution < -0.4 is 10.2 Å². The van der Waals surface area contributed by atoms with Crippen LogP contribution in [0, 0.1) is 0 Å². The topological polar surface area (TPSA) is 45.2 Å². The smallest absolute Gasteiger partial charge is 0.220 e. The highest BCUT2D eigenvalue weighted by Crippen LogP contribution is 2.17. The van der Waals surface area contributed by atoms with Gasteiger partial charge in [-0.1, -0.05) is 29.8 Å². The molecular weight excluding hydrogens is 322 g/mol. The Kier molecular flexibility index (Phi) is 5.70. The van der Waals surface area contributed by atoms with Gasteiger partial charge in [-0.2, -0.15) is 0 Å². The van der Waals surface area contributed by atoms with Gasteiger partial charge in [0, 0.05) is 37.3 Å². The standard InChI is InChI=1S/C19H22ClN3O/c20-17-7-3-15(4-8-17)6-10-19(24)22-14-16-5-9-18(21-13-16)23-11-1-2-12-23/h3-5,7-9,13H,1-2,6,10-12,14H2,(H,22,24). The van der Waals surface area contributed by atoms with Crippen molar-refractivity contribution < 1.29 is 4.79 Å². The minimum atomic E-state index is 0.0496. The number of halogens is 1. The summed E-state index contributed by atoms with van der Waals surface area (Å²) in [6.45, 7) is 2.70. The van der Waals surface area contributed by atoms with Crippen LogP contribution in [0.15, 0.2) is 42.6 Å². The van der Waals surface area contributed by atoms with Gasteiger partial charge >= 0.3 is 0 Å². The maximum absolute atomic E-state index is 12.0. The molecule has 1 aliphatic rings. The molecule has 1 saturated heterocycles. The number of carbonyl (C=O) groups excluding carboxylic acids is 1. The fourth-order valence-corrected chi connectivity index (χ4v) is 2.98. The first-order valence-electron chi connectivity index (χ1n) is 8.42. The van der Waals surface area contributed by atoms with Crippen molar-refractivity contribution in [3.8, 4) is 0 Å². The molecule has 3 rings (SSSR count). The van der Waals surface area contributed by atoms with Crippen LogP contribution in [0.4, 0.5) is 5.82 Å². The van der Waals surface area contributed by atoms with Gasteiger partial charge in [0.05, 0.1) is 0 Å². The highest BCUT2D eigenvalue weighted by Gasteiger charge is 2.13. The Bertz CT molecular complexity index is 664. The minimum absolute atomic E-state index is 0.0496. The summed E-state index contributed by atoms with van der Waals surface area (Å²) in [6.07, 6.45) is 5.53. The Labute approximate surface area is 147 Å². The molecule has 1 amide bonds. The van der Waals surface area contributed by atoms with Gasteiger partial charge in [0.1, 0.15) is 5.82 Å². The number of pyridine rings is 1. The molecule has 0 radical (unpaired) electrons. The van der Waals surface area contributed by atoms with E-state index in [0.29, 0.717) is 18.0 Å². The summed E-state index contributed by atoms with van der Waals surface area (Å²) in [4.78, 5) is 18.8. The van der Waals surface area contributed by atoms with Crippen LogP contribution in [0.5, 0.6) is 0 Å². The van der Waals surface area contributed by atoms with Crippen LogP contribution >= 0.6 is 11.6 Å². The van der Waals surface area contributed by atoms with Gasteiger partial charge in [0.2, 0.25) is 5.91 Å². The SMILES string of the molecule is O=C(CCc1ccc(Cl)cc1)NCc1ccc(N2CCCC2)nc1. The summed E-state index contributed by atoms with van der Waals surface area (Å²) in [5, 5.41) is 3.67. The van der Waals surface area contributed by atoms with E-state index < -0.39 is 0 Å². The van der Waals surface area contributed by atoms with E-state index >= 15 is 0 Å². The second-order valence-electron chi connectivity index (χ2n) is 6.12. The molecular formula is C19H22ClN3O. The molecule has 1 aromatic carbocycles. The molecule has 0 aliphatic carbocycles. The first-order valence-corrected chi connectivity index (χ1v) is 8.79. The van der Waals surface area contributed by atoms with Gasteiger partial charge in [-0.15, -0.1) is 0 Å². The van der Waals surface area contributed by atoms with Crippen LogP contribution in [0.25, 0.3) is 0 Å². The largest absolute Gasteiger partial charge is 0.357 e. The van der Waals surface area contributed by atoms with E-state index in [0.717, 1.165) is 36.5 Å². The molecule has 0 unspecified atom stereocenters. The average molecular weight is 344 g/mol. The molecule has 5 heteroatoms. The first-order chi connectivity index (χ1) is 11.7. The lowest BCUT2D eigenvalue weighted by Crippen LogP contribution is -2.23. The summed E-state index contributed by atoms with van der Waals surface area (Å²) in [5.41, 5.74) is 2.14. The normalized spacial score (nSPS) is 14.0. The highest BCUT2D eigenvalue weighted by atomic mass is 35.5. The molecule has 1 fully saturated rings. The van der Waals surface area contributed by atoms with E-state index in [1.807, 2.05) is 42.6 Å². The molecule has 2 heterocycles. The molecule has 126 valence electrons. The number of rotatable bonds is 6. The van der Waals surface area contributed by atoms with Crippen LogP contribution in [0.3, 0.4) is 0 Å². The third-order valence-electron chi connectivity index (χ3n) is 4.28. The zero-order valence-electron chi connectivity index (χ0n) is 13.7. The molecule has 1 aromatic heterocycles. The zero-order valence-corrected chi connectivity index (χ0v) is 14.4. The average Bonchev–Trinajstić information content (AvgIpc) is 3.14. The number of amides is 1. The summed E-state index contributed by atoms with van der Waals surface area (Å²) in [7, 11) is 0. The second-order valence-corrected chi connectivity index (χ2v) is 6.56. The van der Waals surface area contributed by atoms with Crippen molar-refractivity contribution in [3.63, 3.8) is 0 Å². The molecule has 0 spiro atoms. The quantitative estimate of drug-likeness (QED) is 0.871. The predicted molar refractivity (Wildman–Crippen MR) is 97.3 cm³/mol.